The number of carbonyl (C=O) groups is 1. The summed E-state index contributed by atoms with van der Waals surface area (Å²) in [5.41, 5.74) is 2.42. The van der Waals surface area contributed by atoms with E-state index in [1.54, 1.807) is 18.3 Å². The minimum absolute atomic E-state index is 0.0166. The Balaban J connectivity index is 1.70. The highest BCUT2D eigenvalue weighted by Gasteiger charge is 2.13. The summed E-state index contributed by atoms with van der Waals surface area (Å²) in [6.07, 6.45) is 2.50. The Morgan fingerprint density at radius 2 is 2.04 bits per heavy atom. The first-order valence-electron chi connectivity index (χ1n) is 7.18. The van der Waals surface area contributed by atoms with Gasteiger partial charge in [-0.1, -0.05) is 42.0 Å². The van der Waals surface area contributed by atoms with Gasteiger partial charge >= 0.3 is 0 Å². The number of hydrogen-bond acceptors (Lipinski definition) is 3. The lowest BCUT2D eigenvalue weighted by atomic mass is 10.1. The van der Waals surface area contributed by atoms with Gasteiger partial charge in [0.25, 0.3) is 5.91 Å². The van der Waals surface area contributed by atoms with E-state index >= 15 is 0 Å². The van der Waals surface area contributed by atoms with Crippen molar-refractivity contribution in [1.29, 1.82) is 0 Å². The average molecular weight is 326 g/mol. The Hall–Kier alpha value is -2.53. The highest BCUT2D eigenvalue weighted by Crippen LogP contribution is 2.22. The summed E-state index contributed by atoms with van der Waals surface area (Å²) in [6.45, 7) is 2.05. The Morgan fingerprint density at radius 1 is 1.22 bits per heavy atom. The van der Waals surface area contributed by atoms with Crippen LogP contribution in [-0.2, 0) is 6.42 Å². The molecule has 0 unspecified atom stereocenters. The molecule has 0 saturated carbocycles. The van der Waals surface area contributed by atoms with Gasteiger partial charge in [-0.2, -0.15) is 0 Å². The molecule has 1 heterocycles. The summed E-state index contributed by atoms with van der Waals surface area (Å²) in [7, 11) is 0. The summed E-state index contributed by atoms with van der Waals surface area (Å²) >= 11 is 1.40. The zero-order valence-electron chi connectivity index (χ0n) is 12.5. The first-order chi connectivity index (χ1) is 11.1. The van der Waals surface area contributed by atoms with Gasteiger partial charge < -0.3 is 0 Å². The van der Waals surface area contributed by atoms with Crippen molar-refractivity contribution in [3.8, 4) is 0 Å². The van der Waals surface area contributed by atoms with E-state index in [-0.39, 0.29) is 5.56 Å². The van der Waals surface area contributed by atoms with E-state index < -0.39 is 11.7 Å². The van der Waals surface area contributed by atoms with E-state index in [0.29, 0.717) is 5.13 Å². The van der Waals surface area contributed by atoms with Gasteiger partial charge in [0.2, 0.25) is 0 Å². The predicted molar refractivity (Wildman–Crippen MR) is 90.5 cm³/mol. The molecule has 0 atom stereocenters. The lowest BCUT2D eigenvalue weighted by molar-refractivity contribution is 0.102. The fourth-order valence-corrected chi connectivity index (χ4v) is 3.12. The van der Waals surface area contributed by atoms with E-state index in [4.69, 9.17) is 0 Å². The van der Waals surface area contributed by atoms with Crippen molar-refractivity contribution in [2.24, 2.45) is 0 Å². The Kier molecular flexibility index (Phi) is 4.48. The van der Waals surface area contributed by atoms with E-state index in [2.05, 4.69) is 35.4 Å². The van der Waals surface area contributed by atoms with Crippen LogP contribution in [0.4, 0.5) is 9.52 Å². The molecule has 116 valence electrons. The normalized spacial score (nSPS) is 10.5. The van der Waals surface area contributed by atoms with Crippen molar-refractivity contribution >= 4 is 22.4 Å². The minimum Gasteiger partial charge on any atom is -0.298 e. The van der Waals surface area contributed by atoms with Crippen LogP contribution in [0.3, 0.4) is 0 Å². The number of halogens is 1. The summed E-state index contributed by atoms with van der Waals surface area (Å²) in [6, 6.07) is 14.1. The molecule has 0 bridgehead atoms. The molecule has 0 aliphatic carbocycles. The maximum absolute atomic E-state index is 13.6. The van der Waals surface area contributed by atoms with Gasteiger partial charge in [-0.25, -0.2) is 9.37 Å². The number of anilines is 1. The van der Waals surface area contributed by atoms with Crippen LogP contribution >= 0.6 is 11.3 Å². The number of benzene rings is 2. The Labute approximate surface area is 137 Å². The van der Waals surface area contributed by atoms with Crippen molar-refractivity contribution in [3.05, 3.63) is 82.1 Å². The van der Waals surface area contributed by atoms with Crippen molar-refractivity contribution in [1.82, 2.24) is 4.98 Å². The fraction of sp³-hybridized carbons (Fsp3) is 0.111. The smallest absolute Gasteiger partial charge is 0.260 e. The first-order valence-corrected chi connectivity index (χ1v) is 7.99. The summed E-state index contributed by atoms with van der Waals surface area (Å²) in [4.78, 5) is 17.3. The van der Waals surface area contributed by atoms with Crippen molar-refractivity contribution in [2.45, 2.75) is 13.3 Å². The molecule has 0 fully saturated rings. The number of aryl methyl sites for hydroxylation is 1. The van der Waals surface area contributed by atoms with Gasteiger partial charge in [0, 0.05) is 17.5 Å². The molecular weight excluding hydrogens is 311 g/mol. The number of carbonyl (C=O) groups excluding carboxylic acids is 1. The van der Waals surface area contributed by atoms with Gasteiger partial charge in [0.05, 0.1) is 5.56 Å². The molecule has 1 amide bonds. The molecular formula is C18H15FN2OS. The highest BCUT2D eigenvalue weighted by atomic mass is 32.1. The molecule has 0 aliphatic heterocycles. The second kappa shape index (κ2) is 6.71. The molecule has 3 nitrogen and oxygen atoms in total. The molecule has 3 rings (SSSR count). The average Bonchev–Trinajstić information content (AvgIpc) is 2.94. The first kappa shape index (κ1) is 15.4. The van der Waals surface area contributed by atoms with Gasteiger partial charge in [-0.05, 0) is 24.6 Å². The van der Waals surface area contributed by atoms with E-state index in [1.165, 1.54) is 34.6 Å². The van der Waals surface area contributed by atoms with Crippen molar-refractivity contribution in [3.63, 3.8) is 0 Å². The number of nitrogens with one attached hydrogen (secondary N) is 1. The summed E-state index contributed by atoms with van der Waals surface area (Å²) < 4.78 is 13.6. The number of aromatic nitrogens is 1. The van der Waals surface area contributed by atoms with Crippen LogP contribution in [-0.4, -0.2) is 10.9 Å². The molecule has 0 aliphatic rings. The SMILES string of the molecule is Cc1cccc(Cc2cnc(NC(=O)c3ccccc3F)s2)c1. The third kappa shape index (κ3) is 3.81. The van der Waals surface area contributed by atoms with Crippen LogP contribution in [0.5, 0.6) is 0 Å². The van der Waals surface area contributed by atoms with Gasteiger partial charge in [-0.15, -0.1) is 11.3 Å². The molecule has 3 aromatic rings. The predicted octanol–water partition coefficient (Wildman–Crippen LogP) is 4.43. The van der Waals surface area contributed by atoms with Crippen LogP contribution in [0.1, 0.15) is 26.4 Å². The standard InChI is InChI=1S/C18H15FN2OS/c1-12-5-4-6-13(9-12)10-14-11-20-18(23-14)21-17(22)15-7-2-3-8-16(15)19/h2-9,11H,10H2,1H3,(H,20,21,22). The Morgan fingerprint density at radius 3 is 2.83 bits per heavy atom. The molecule has 1 N–H and O–H groups in total. The van der Waals surface area contributed by atoms with E-state index in [0.717, 1.165) is 11.3 Å². The van der Waals surface area contributed by atoms with Gasteiger partial charge in [0.15, 0.2) is 5.13 Å². The van der Waals surface area contributed by atoms with Crippen LogP contribution in [0.25, 0.3) is 0 Å². The Bertz CT molecular complexity index is 844. The molecule has 0 radical (unpaired) electrons. The van der Waals surface area contributed by atoms with Crippen LogP contribution in [0.2, 0.25) is 0 Å². The van der Waals surface area contributed by atoms with Crippen LogP contribution in [0, 0.1) is 12.7 Å². The summed E-state index contributed by atoms with van der Waals surface area (Å²) in [5, 5.41) is 3.12. The number of rotatable bonds is 4. The fourth-order valence-electron chi connectivity index (χ4n) is 2.28. The van der Waals surface area contributed by atoms with Crippen molar-refractivity contribution in [2.75, 3.05) is 5.32 Å². The minimum atomic E-state index is -0.540. The second-order valence-electron chi connectivity index (χ2n) is 5.23. The number of amides is 1. The second-order valence-corrected chi connectivity index (χ2v) is 6.35. The molecule has 2 aromatic carbocycles. The molecule has 23 heavy (non-hydrogen) atoms. The molecule has 0 spiro atoms. The maximum Gasteiger partial charge on any atom is 0.260 e. The summed E-state index contributed by atoms with van der Waals surface area (Å²) in [5.74, 6) is -1.03. The third-order valence-electron chi connectivity index (χ3n) is 3.35. The topological polar surface area (TPSA) is 42.0 Å². The van der Waals surface area contributed by atoms with Crippen LogP contribution < -0.4 is 5.32 Å². The zero-order chi connectivity index (χ0) is 16.2. The van der Waals surface area contributed by atoms with E-state index in [9.17, 15) is 9.18 Å². The number of hydrogen-bond donors (Lipinski definition) is 1. The lowest BCUT2D eigenvalue weighted by Crippen LogP contribution is -2.13. The highest BCUT2D eigenvalue weighted by molar-refractivity contribution is 7.15. The van der Waals surface area contributed by atoms with E-state index in [1.807, 2.05) is 6.07 Å². The number of thiazole rings is 1. The van der Waals surface area contributed by atoms with Gasteiger partial charge in [-0.3, -0.25) is 10.1 Å². The maximum atomic E-state index is 13.6. The van der Waals surface area contributed by atoms with Crippen LogP contribution in [0.15, 0.2) is 54.7 Å². The largest absolute Gasteiger partial charge is 0.298 e. The van der Waals surface area contributed by atoms with Gasteiger partial charge in [0.1, 0.15) is 5.82 Å². The number of nitrogens with zero attached hydrogens (tertiary/aromatic N) is 1. The molecule has 0 saturated heterocycles. The molecule has 5 heteroatoms. The monoisotopic (exact) mass is 326 g/mol. The quantitative estimate of drug-likeness (QED) is 0.770. The lowest BCUT2D eigenvalue weighted by Gasteiger charge is -2.02. The molecule has 1 aromatic heterocycles. The zero-order valence-corrected chi connectivity index (χ0v) is 13.4. The van der Waals surface area contributed by atoms with Crippen molar-refractivity contribution < 1.29 is 9.18 Å². The third-order valence-corrected chi connectivity index (χ3v) is 4.27.